The maximum Gasteiger partial charge on any atom is 0.191 e. The number of nitrogens with zero attached hydrogens (tertiary/aromatic N) is 2. The van der Waals surface area contributed by atoms with Gasteiger partial charge in [-0.2, -0.15) is 0 Å². The standard InChI is InChI=1S/C20H34N4O2.HI/c1-5-10-24-11-9-17(15-24)14-23-20(21-6-2)22-13-16-7-8-18(25-3)19(12-16)26-4;/h7-8,12,17H,5-6,9-11,13-15H2,1-4H3,(H2,21,22,23);1H. The van der Waals surface area contributed by atoms with Crippen LogP contribution in [0.1, 0.15) is 32.3 Å². The Morgan fingerprint density at radius 1 is 1.19 bits per heavy atom. The lowest BCUT2D eigenvalue weighted by Gasteiger charge is -2.17. The monoisotopic (exact) mass is 490 g/mol. The van der Waals surface area contributed by atoms with Crippen LogP contribution in [-0.4, -0.2) is 57.8 Å². The summed E-state index contributed by atoms with van der Waals surface area (Å²) in [7, 11) is 3.30. The minimum atomic E-state index is 0. The van der Waals surface area contributed by atoms with Crippen LogP contribution in [0.4, 0.5) is 0 Å². The van der Waals surface area contributed by atoms with Crippen molar-refractivity contribution in [2.24, 2.45) is 10.9 Å². The van der Waals surface area contributed by atoms with E-state index in [1.54, 1.807) is 14.2 Å². The third kappa shape index (κ3) is 7.73. The number of ether oxygens (including phenoxy) is 2. The molecule has 0 saturated carbocycles. The van der Waals surface area contributed by atoms with Crippen LogP contribution >= 0.6 is 24.0 Å². The molecule has 0 amide bonds. The summed E-state index contributed by atoms with van der Waals surface area (Å²) in [5, 5.41) is 6.84. The van der Waals surface area contributed by atoms with Crippen molar-refractivity contribution in [2.75, 3.05) is 46.9 Å². The highest BCUT2D eigenvalue weighted by Gasteiger charge is 2.21. The third-order valence-electron chi connectivity index (χ3n) is 4.68. The molecule has 0 bridgehead atoms. The summed E-state index contributed by atoms with van der Waals surface area (Å²) in [4.78, 5) is 7.27. The molecule has 1 aliphatic rings. The van der Waals surface area contributed by atoms with Crippen molar-refractivity contribution in [3.8, 4) is 11.5 Å². The molecule has 1 saturated heterocycles. The first kappa shape index (κ1) is 23.8. The Labute approximate surface area is 181 Å². The molecule has 1 aromatic rings. The highest BCUT2D eigenvalue weighted by Crippen LogP contribution is 2.27. The Bertz CT molecular complexity index is 583. The van der Waals surface area contributed by atoms with E-state index in [-0.39, 0.29) is 24.0 Å². The predicted molar refractivity (Wildman–Crippen MR) is 123 cm³/mol. The van der Waals surface area contributed by atoms with Crippen LogP contribution < -0.4 is 20.1 Å². The van der Waals surface area contributed by atoms with Crippen molar-refractivity contribution in [3.63, 3.8) is 0 Å². The molecule has 2 N–H and O–H groups in total. The van der Waals surface area contributed by atoms with Crippen LogP contribution in [0, 0.1) is 5.92 Å². The van der Waals surface area contributed by atoms with E-state index < -0.39 is 0 Å². The maximum absolute atomic E-state index is 5.37. The van der Waals surface area contributed by atoms with Gasteiger partial charge in [-0.3, -0.25) is 0 Å². The Kier molecular flexibility index (Phi) is 11.5. The van der Waals surface area contributed by atoms with Crippen LogP contribution in [0.25, 0.3) is 0 Å². The van der Waals surface area contributed by atoms with Gasteiger partial charge in [-0.15, -0.1) is 24.0 Å². The number of halogens is 1. The fourth-order valence-corrected chi connectivity index (χ4v) is 3.33. The first-order valence-electron chi connectivity index (χ1n) is 9.65. The second-order valence-electron chi connectivity index (χ2n) is 6.72. The van der Waals surface area contributed by atoms with Gasteiger partial charge in [-0.25, -0.2) is 4.99 Å². The molecule has 0 aliphatic carbocycles. The molecular formula is C20H35IN4O2. The lowest BCUT2D eigenvalue weighted by Crippen LogP contribution is -2.40. The van der Waals surface area contributed by atoms with E-state index in [1.165, 1.54) is 32.5 Å². The number of nitrogens with one attached hydrogen (secondary N) is 2. The summed E-state index contributed by atoms with van der Waals surface area (Å²) in [6.07, 6.45) is 2.50. The molecule has 6 nitrogen and oxygen atoms in total. The summed E-state index contributed by atoms with van der Waals surface area (Å²) in [6.45, 7) is 10.4. The molecule has 1 atom stereocenters. The zero-order chi connectivity index (χ0) is 18.8. The fraction of sp³-hybridized carbons (Fsp3) is 0.650. The van der Waals surface area contributed by atoms with Crippen LogP contribution in [0.5, 0.6) is 11.5 Å². The van der Waals surface area contributed by atoms with Gasteiger partial charge in [0.05, 0.1) is 20.8 Å². The number of benzene rings is 1. The SMILES string of the molecule is CCCN1CCC(CNC(=NCc2ccc(OC)c(OC)c2)NCC)C1.I. The lowest BCUT2D eigenvalue weighted by atomic mass is 10.1. The Morgan fingerprint density at radius 3 is 2.63 bits per heavy atom. The molecule has 27 heavy (non-hydrogen) atoms. The zero-order valence-corrected chi connectivity index (χ0v) is 19.4. The lowest BCUT2D eigenvalue weighted by molar-refractivity contribution is 0.324. The highest BCUT2D eigenvalue weighted by molar-refractivity contribution is 14.0. The van der Waals surface area contributed by atoms with Gasteiger partial charge in [-0.05, 0) is 56.5 Å². The zero-order valence-electron chi connectivity index (χ0n) is 17.1. The average molecular weight is 490 g/mol. The molecule has 1 aromatic carbocycles. The van der Waals surface area contributed by atoms with Gasteiger partial charge in [0.15, 0.2) is 17.5 Å². The van der Waals surface area contributed by atoms with Gasteiger partial charge < -0.3 is 25.0 Å². The molecule has 154 valence electrons. The van der Waals surface area contributed by atoms with E-state index in [4.69, 9.17) is 14.5 Å². The second-order valence-corrected chi connectivity index (χ2v) is 6.72. The van der Waals surface area contributed by atoms with Gasteiger partial charge in [0, 0.05) is 19.6 Å². The molecule has 0 radical (unpaired) electrons. The number of likely N-dealkylation sites (tertiary alicyclic amines) is 1. The van der Waals surface area contributed by atoms with E-state index in [0.717, 1.165) is 36.1 Å². The second kappa shape index (κ2) is 13.0. The smallest absolute Gasteiger partial charge is 0.191 e. The molecular weight excluding hydrogens is 455 g/mol. The van der Waals surface area contributed by atoms with Crippen molar-refractivity contribution < 1.29 is 9.47 Å². The van der Waals surface area contributed by atoms with Gasteiger partial charge in [0.25, 0.3) is 0 Å². The number of hydrogen-bond donors (Lipinski definition) is 2. The largest absolute Gasteiger partial charge is 0.493 e. The molecule has 2 rings (SSSR count). The van der Waals surface area contributed by atoms with E-state index in [2.05, 4.69) is 29.4 Å². The summed E-state index contributed by atoms with van der Waals surface area (Å²) in [5.74, 6) is 3.05. The Hall–Kier alpha value is -1.22. The van der Waals surface area contributed by atoms with Gasteiger partial charge >= 0.3 is 0 Å². The minimum absolute atomic E-state index is 0. The number of rotatable bonds is 9. The van der Waals surface area contributed by atoms with E-state index in [1.807, 2.05) is 18.2 Å². The topological polar surface area (TPSA) is 58.1 Å². The average Bonchev–Trinajstić information content (AvgIpc) is 3.11. The highest BCUT2D eigenvalue weighted by atomic mass is 127. The first-order valence-corrected chi connectivity index (χ1v) is 9.65. The molecule has 0 aromatic heterocycles. The maximum atomic E-state index is 5.37. The minimum Gasteiger partial charge on any atom is -0.493 e. The fourth-order valence-electron chi connectivity index (χ4n) is 3.33. The van der Waals surface area contributed by atoms with Crippen LogP contribution in [0.15, 0.2) is 23.2 Å². The van der Waals surface area contributed by atoms with Crippen molar-refractivity contribution in [2.45, 2.75) is 33.2 Å². The Morgan fingerprint density at radius 2 is 1.96 bits per heavy atom. The van der Waals surface area contributed by atoms with Crippen molar-refractivity contribution in [1.82, 2.24) is 15.5 Å². The summed E-state index contributed by atoms with van der Waals surface area (Å²) in [6, 6.07) is 5.92. The van der Waals surface area contributed by atoms with Gasteiger partial charge in [-0.1, -0.05) is 13.0 Å². The van der Waals surface area contributed by atoms with Crippen molar-refractivity contribution in [1.29, 1.82) is 0 Å². The van der Waals surface area contributed by atoms with E-state index >= 15 is 0 Å². The van der Waals surface area contributed by atoms with E-state index in [9.17, 15) is 0 Å². The Balaban J connectivity index is 0.00000364. The molecule has 1 aliphatic heterocycles. The van der Waals surface area contributed by atoms with Crippen LogP contribution in [0.2, 0.25) is 0 Å². The number of aliphatic imine (C=N–C) groups is 1. The third-order valence-corrected chi connectivity index (χ3v) is 4.68. The molecule has 1 heterocycles. The normalized spacial score (nSPS) is 17.3. The number of hydrogen-bond acceptors (Lipinski definition) is 4. The van der Waals surface area contributed by atoms with Crippen molar-refractivity contribution >= 4 is 29.9 Å². The van der Waals surface area contributed by atoms with Crippen molar-refractivity contribution in [3.05, 3.63) is 23.8 Å². The number of guanidine groups is 1. The van der Waals surface area contributed by atoms with Gasteiger partial charge in [0.2, 0.25) is 0 Å². The van der Waals surface area contributed by atoms with Crippen LogP contribution in [-0.2, 0) is 6.54 Å². The quantitative estimate of drug-likeness (QED) is 0.317. The number of methoxy groups -OCH3 is 2. The molecule has 0 spiro atoms. The predicted octanol–water partition coefficient (Wildman–Crippen LogP) is 3.11. The molecule has 1 unspecified atom stereocenters. The first-order chi connectivity index (χ1) is 12.7. The summed E-state index contributed by atoms with van der Waals surface area (Å²) < 4.78 is 10.7. The molecule has 1 fully saturated rings. The van der Waals surface area contributed by atoms with Gasteiger partial charge in [0.1, 0.15) is 0 Å². The summed E-state index contributed by atoms with van der Waals surface area (Å²) in [5.41, 5.74) is 1.09. The summed E-state index contributed by atoms with van der Waals surface area (Å²) >= 11 is 0. The van der Waals surface area contributed by atoms with E-state index in [0.29, 0.717) is 12.5 Å². The van der Waals surface area contributed by atoms with Crippen LogP contribution in [0.3, 0.4) is 0 Å². The molecule has 7 heteroatoms.